The van der Waals surface area contributed by atoms with Gasteiger partial charge < -0.3 is 20.1 Å². The number of rotatable bonds is 13. The van der Waals surface area contributed by atoms with Crippen LogP contribution in [-0.4, -0.2) is 39.5 Å². The lowest BCUT2D eigenvalue weighted by Crippen LogP contribution is -2.48. The van der Waals surface area contributed by atoms with Crippen LogP contribution in [0.5, 0.6) is 0 Å². The first-order valence-electron chi connectivity index (χ1n) is 11.1. The Bertz CT molecular complexity index is 629. The minimum atomic E-state index is 0.0919. The quantitative estimate of drug-likeness (QED) is 0.486. The van der Waals surface area contributed by atoms with E-state index < -0.39 is 0 Å². The maximum atomic E-state index is 5.54. The molecule has 4 heteroatoms. The van der Waals surface area contributed by atoms with Crippen molar-refractivity contribution in [3.8, 4) is 0 Å². The Balaban J connectivity index is 2.48. The first-order valence-corrected chi connectivity index (χ1v) is 11.1. The van der Waals surface area contributed by atoms with E-state index in [0.717, 1.165) is 0 Å². The average molecular weight is 413 g/mol. The molecule has 0 heterocycles. The summed E-state index contributed by atoms with van der Waals surface area (Å²) in [5.41, 5.74) is 2.53. The minimum absolute atomic E-state index is 0.0919. The molecule has 0 unspecified atom stereocenters. The zero-order chi connectivity index (χ0) is 21.9. The summed E-state index contributed by atoms with van der Waals surface area (Å²) in [6.45, 7) is 10.3. The molecule has 2 N–H and O–H groups in total. The summed E-state index contributed by atoms with van der Waals surface area (Å²) in [6.07, 6.45) is 0. The lowest BCUT2D eigenvalue weighted by Gasteiger charge is -2.37. The highest BCUT2D eigenvalue weighted by molar-refractivity contribution is 5.28. The molecule has 166 valence electrons. The van der Waals surface area contributed by atoms with Gasteiger partial charge in [-0.05, 0) is 23.0 Å². The predicted molar refractivity (Wildman–Crippen MR) is 126 cm³/mol. The number of methoxy groups -OCH3 is 2. The van der Waals surface area contributed by atoms with Gasteiger partial charge in [-0.25, -0.2) is 0 Å². The zero-order valence-electron chi connectivity index (χ0n) is 19.5. The van der Waals surface area contributed by atoms with Crippen molar-refractivity contribution in [3.05, 3.63) is 71.8 Å². The monoisotopic (exact) mass is 412 g/mol. The van der Waals surface area contributed by atoms with Crippen LogP contribution in [0.25, 0.3) is 0 Å². The van der Waals surface area contributed by atoms with E-state index in [2.05, 4.69) is 99.0 Å². The zero-order valence-corrected chi connectivity index (χ0v) is 19.5. The fourth-order valence-electron chi connectivity index (χ4n) is 3.78. The van der Waals surface area contributed by atoms with E-state index in [1.165, 1.54) is 11.1 Å². The van der Waals surface area contributed by atoms with Gasteiger partial charge in [0.05, 0.1) is 25.3 Å². The summed E-state index contributed by atoms with van der Waals surface area (Å²) in [7, 11) is 3.55. The third-order valence-corrected chi connectivity index (χ3v) is 5.74. The van der Waals surface area contributed by atoms with Crippen molar-refractivity contribution >= 4 is 0 Å². The summed E-state index contributed by atoms with van der Waals surface area (Å²) >= 11 is 0. The van der Waals surface area contributed by atoms with Crippen molar-refractivity contribution in [2.24, 2.45) is 11.8 Å². The molecule has 0 aliphatic rings. The number of nitrogens with one attached hydrogen (secondary N) is 2. The molecule has 4 nitrogen and oxygen atoms in total. The Morgan fingerprint density at radius 2 is 0.933 bits per heavy atom. The van der Waals surface area contributed by atoms with Gasteiger partial charge in [0.25, 0.3) is 0 Å². The van der Waals surface area contributed by atoms with Crippen LogP contribution >= 0.6 is 0 Å². The Hall–Kier alpha value is -1.72. The highest BCUT2D eigenvalue weighted by Crippen LogP contribution is 2.31. The molecule has 2 aromatic carbocycles. The van der Waals surface area contributed by atoms with Gasteiger partial charge in [0.1, 0.15) is 0 Å². The fourth-order valence-corrected chi connectivity index (χ4v) is 3.78. The van der Waals surface area contributed by atoms with E-state index in [1.807, 2.05) is 0 Å². The van der Waals surface area contributed by atoms with Crippen LogP contribution < -0.4 is 10.6 Å². The number of hydrogen-bond donors (Lipinski definition) is 2. The molecule has 0 saturated heterocycles. The molecule has 0 saturated carbocycles. The second-order valence-corrected chi connectivity index (χ2v) is 8.72. The van der Waals surface area contributed by atoms with Crippen molar-refractivity contribution in [1.29, 1.82) is 0 Å². The third kappa shape index (κ3) is 7.21. The summed E-state index contributed by atoms with van der Waals surface area (Å²) in [6, 6.07) is 22.1. The van der Waals surface area contributed by atoms with Crippen LogP contribution in [0.1, 0.15) is 50.9 Å². The van der Waals surface area contributed by atoms with Crippen molar-refractivity contribution in [2.75, 3.05) is 27.4 Å². The van der Waals surface area contributed by atoms with Crippen molar-refractivity contribution < 1.29 is 9.47 Å². The Labute approximate surface area is 183 Å². The number of hydrogen-bond acceptors (Lipinski definition) is 4. The molecule has 0 spiro atoms. The molecule has 2 aromatic rings. The maximum absolute atomic E-state index is 5.54. The van der Waals surface area contributed by atoms with Gasteiger partial charge >= 0.3 is 0 Å². The molecule has 4 atom stereocenters. The van der Waals surface area contributed by atoms with E-state index in [0.29, 0.717) is 25.0 Å². The van der Waals surface area contributed by atoms with Gasteiger partial charge in [-0.2, -0.15) is 0 Å². The maximum Gasteiger partial charge on any atom is 0.0618 e. The second-order valence-electron chi connectivity index (χ2n) is 8.72. The van der Waals surface area contributed by atoms with Crippen molar-refractivity contribution in [3.63, 3.8) is 0 Å². The van der Waals surface area contributed by atoms with Crippen LogP contribution in [0, 0.1) is 11.8 Å². The summed E-state index contributed by atoms with van der Waals surface area (Å²) < 4.78 is 11.1. The third-order valence-electron chi connectivity index (χ3n) is 5.74. The lowest BCUT2D eigenvalue weighted by atomic mass is 9.89. The first-order chi connectivity index (χ1) is 14.5. The smallest absolute Gasteiger partial charge is 0.0618 e. The van der Waals surface area contributed by atoms with Crippen molar-refractivity contribution in [2.45, 2.75) is 51.9 Å². The standard InChI is InChI=1S/C26H40N2O2/c1-19(2)23(17-29-5)27-25(21-13-9-7-10-14-21)26(22-15-11-8-12-16-22)28-24(18-30-6)20(3)4/h7-16,19-20,23-28H,17-18H2,1-6H3/t23-,24-,25-,26-/m1/s1. The average Bonchev–Trinajstić information content (AvgIpc) is 2.75. The topological polar surface area (TPSA) is 42.5 Å². The Morgan fingerprint density at radius 3 is 1.20 bits per heavy atom. The molecule has 0 bridgehead atoms. The van der Waals surface area contributed by atoms with Gasteiger partial charge in [-0.1, -0.05) is 88.4 Å². The van der Waals surface area contributed by atoms with Gasteiger partial charge in [-0.15, -0.1) is 0 Å². The largest absolute Gasteiger partial charge is 0.383 e. The molecule has 0 fully saturated rings. The van der Waals surface area contributed by atoms with E-state index in [9.17, 15) is 0 Å². The molecule has 0 radical (unpaired) electrons. The second kappa shape index (κ2) is 12.9. The molecule has 0 amide bonds. The SMILES string of the molecule is COC[C@@H](N[C@H](c1ccccc1)[C@H](N[C@H](COC)C(C)C)c1ccccc1)C(C)C. The molecule has 0 aromatic heterocycles. The molecular weight excluding hydrogens is 372 g/mol. The minimum Gasteiger partial charge on any atom is -0.383 e. The number of ether oxygens (including phenoxy) is 2. The van der Waals surface area contributed by atoms with Gasteiger partial charge in [0.15, 0.2) is 0 Å². The van der Waals surface area contributed by atoms with Gasteiger partial charge in [0.2, 0.25) is 0 Å². The molecule has 2 rings (SSSR count). The van der Waals surface area contributed by atoms with E-state index >= 15 is 0 Å². The lowest BCUT2D eigenvalue weighted by molar-refractivity contribution is 0.120. The van der Waals surface area contributed by atoms with Crippen LogP contribution in [-0.2, 0) is 9.47 Å². The molecule has 30 heavy (non-hydrogen) atoms. The highest BCUT2D eigenvalue weighted by atomic mass is 16.5. The van der Waals surface area contributed by atoms with Crippen LogP contribution in [0.4, 0.5) is 0 Å². The van der Waals surface area contributed by atoms with Gasteiger partial charge in [0, 0.05) is 26.3 Å². The van der Waals surface area contributed by atoms with Crippen LogP contribution in [0.3, 0.4) is 0 Å². The van der Waals surface area contributed by atoms with E-state index in [1.54, 1.807) is 14.2 Å². The Kier molecular flexibility index (Phi) is 10.5. The molecule has 0 aliphatic carbocycles. The van der Waals surface area contributed by atoms with Crippen molar-refractivity contribution in [1.82, 2.24) is 10.6 Å². The van der Waals surface area contributed by atoms with Crippen LogP contribution in [0.15, 0.2) is 60.7 Å². The summed E-state index contributed by atoms with van der Waals surface area (Å²) in [5, 5.41) is 7.85. The molecule has 0 aliphatic heterocycles. The number of benzene rings is 2. The molecular formula is C26H40N2O2. The predicted octanol–water partition coefficient (Wildman–Crippen LogP) is 4.99. The first kappa shape index (κ1) is 24.5. The van der Waals surface area contributed by atoms with E-state index in [4.69, 9.17) is 9.47 Å². The fraction of sp³-hybridized carbons (Fsp3) is 0.538. The highest BCUT2D eigenvalue weighted by Gasteiger charge is 2.30. The van der Waals surface area contributed by atoms with E-state index in [-0.39, 0.29) is 24.2 Å². The summed E-state index contributed by atoms with van der Waals surface area (Å²) in [5.74, 6) is 0.903. The summed E-state index contributed by atoms with van der Waals surface area (Å²) in [4.78, 5) is 0. The Morgan fingerprint density at radius 1 is 0.600 bits per heavy atom. The van der Waals surface area contributed by atoms with Gasteiger partial charge in [-0.3, -0.25) is 0 Å². The normalized spacial score (nSPS) is 15.9. The van der Waals surface area contributed by atoms with Crippen LogP contribution in [0.2, 0.25) is 0 Å².